The van der Waals surface area contributed by atoms with Crippen LogP contribution in [0.3, 0.4) is 0 Å². The Bertz CT molecular complexity index is 478. The summed E-state index contributed by atoms with van der Waals surface area (Å²) in [6.07, 6.45) is 0. The van der Waals surface area contributed by atoms with Crippen molar-refractivity contribution in [2.24, 2.45) is 0 Å². The largest absolute Gasteiger partial charge is 0.481 e. The highest BCUT2D eigenvalue weighted by Crippen LogP contribution is 2.27. The van der Waals surface area contributed by atoms with Gasteiger partial charge in [0.25, 0.3) is 0 Å². The number of fused-ring (bicyclic) bond motifs is 1. The second-order valence-electron chi connectivity index (χ2n) is 3.12. The molecular weight excluding hydrogens is 198 g/mol. The summed E-state index contributed by atoms with van der Waals surface area (Å²) in [6, 6.07) is 7.68. The van der Waals surface area contributed by atoms with Gasteiger partial charge in [0, 0.05) is 5.39 Å². The zero-order chi connectivity index (χ0) is 10.1. The molecule has 0 radical (unpaired) electrons. The second-order valence-corrected chi connectivity index (χ2v) is 3.93. The molecule has 14 heavy (non-hydrogen) atoms. The summed E-state index contributed by atoms with van der Waals surface area (Å²) in [7, 11) is 0. The summed E-state index contributed by atoms with van der Waals surface area (Å²) >= 11 is 1.35. The van der Waals surface area contributed by atoms with Crippen LogP contribution < -0.4 is 0 Å². The van der Waals surface area contributed by atoms with Gasteiger partial charge in [0.2, 0.25) is 0 Å². The molecule has 4 heteroatoms. The Labute approximate surface area is 85.2 Å². The lowest BCUT2D eigenvalue weighted by molar-refractivity contribution is -0.138. The first-order chi connectivity index (χ1) is 6.70. The van der Waals surface area contributed by atoms with Crippen LogP contribution in [0.1, 0.15) is 18.5 Å². The normalized spacial score (nSPS) is 12.9. The molecular formula is C10H9NO2S. The van der Waals surface area contributed by atoms with E-state index in [0.717, 1.165) is 10.1 Å². The second kappa shape index (κ2) is 3.38. The number of carbonyl (C=O) groups is 1. The van der Waals surface area contributed by atoms with Crippen molar-refractivity contribution < 1.29 is 9.90 Å². The Morgan fingerprint density at radius 2 is 2.21 bits per heavy atom. The van der Waals surface area contributed by atoms with Gasteiger partial charge in [-0.05, 0) is 24.5 Å². The monoisotopic (exact) mass is 207 g/mol. The summed E-state index contributed by atoms with van der Waals surface area (Å²) in [5.41, 5.74) is 0.665. The van der Waals surface area contributed by atoms with Crippen LogP contribution in [0.5, 0.6) is 0 Å². The van der Waals surface area contributed by atoms with Crippen molar-refractivity contribution in [3.63, 3.8) is 0 Å². The number of carboxylic acid groups (broad SMARTS) is 1. The maximum Gasteiger partial charge on any atom is 0.312 e. The van der Waals surface area contributed by atoms with Gasteiger partial charge in [-0.15, -0.1) is 0 Å². The number of hydrogen-bond acceptors (Lipinski definition) is 3. The average Bonchev–Trinajstić information content (AvgIpc) is 2.60. The van der Waals surface area contributed by atoms with E-state index >= 15 is 0 Å². The third-order valence-electron chi connectivity index (χ3n) is 2.19. The smallest absolute Gasteiger partial charge is 0.312 e. The standard InChI is InChI=1S/C10H9NO2S/c1-6(10(12)13)9-7-4-2-3-5-8(7)14-11-9/h2-6H,1H3,(H,12,13). The molecule has 0 bridgehead atoms. The van der Waals surface area contributed by atoms with E-state index in [1.54, 1.807) is 6.92 Å². The van der Waals surface area contributed by atoms with Gasteiger partial charge in [-0.3, -0.25) is 4.79 Å². The highest BCUT2D eigenvalue weighted by Gasteiger charge is 2.19. The Morgan fingerprint density at radius 3 is 2.93 bits per heavy atom. The van der Waals surface area contributed by atoms with Crippen LogP contribution in [0.4, 0.5) is 0 Å². The van der Waals surface area contributed by atoms with Gasteiger partial charge in [0.15, 0.2) is 0 Å². The molecule has 0 saturated carbocycles. The van der Waals surface area contributed by atoms with Crippen molar-refractivity contribution in [1.82, 2.24) is 4.37 Å². The SMILES string of the molecule is CC(C(=O)O)c1nsc2ccccc12. The molecule has 1 aromatic carbocycles. The van der Waals surface area contributed by atoms with Crippen LogP contribution in [0.2, 0.25) is 0 Å². The Balaban J connectivity index is 2.58. The summed E-state index contributed by atoms with van der Waals surface area (Å²) < 4.78 is 5.21. The molecule has 0 saturated heterocycles. The third kappa shape index (κ3) is 1.37. The number of rotatable bonds is 2. The van der Waals surface area contributed by atoms with Gasteiger partial charge < -0.3 is 5.11 Å². The molecule has 2 aromatic rings. The van der Waals surface area contributed by atoms with Gasteiger partial charge in [0.05, 0.1) is 16.3 Å². The molecule has 0 aliphatic rings. The first-order valence-corrected chi connectivity index (χ1v) is 5.04. The minimum absolute atomic E-state index is 0.536. The van der Waals surface area contributed by atoms with Crippen LogP contribution in [0.25, 0.3) is 10.1 Å². The van der Waals surface area contributed by atoms with E-state index in [1.807, 2.05) is 24.3 Å². The van der Waals surface area contributed by atoms with Gasteiger partial charge in [0.1, 0.15) is 0 Å². The van der Waals surface area contributed by atoms with E-state index in [9.17, 15) is 4.79 Å². The van der Waals surface area contributed by atoms with Crippen molar-refractivity contribution in [1.29, 1.82) is 0 Å². The quantitative estimate of drug-likeness (QED) is 0.823. The number of nitrogens with zero attached hydrogens (tertiary/aromatic N) is 1. The van der Waals surface area contributed by atoms with Crippen molar-refractivity contribution in [3.8, 4) is 0 Å². The van der Waals surface area contributed by atoms with E-state index in [2.05, 4.69) is 4.37 Å². The van der Waals surface area contributed by atoms with Gasteiger partial charge in [-0.1, -0.05) is 18.2 Å². The Kier molecular flexibility index (Phi) is 2.21. The molecule has 1 N–H and O–H groups in total. The first-order valence-electron chi connectivity index (χ1n) is 4.27. The number of hydrogen-bond donors (Lipinski definition) is 1. The summed E-state index contributed by atoms with van der Waals surface area (Å²) in [5.74, 6) is -1.37. The van der Waals surface area contributed by atoms with Crippen LogP contribution in [-0.2, 0) is 4.79 Å². The zero-order valence-electron chi connectivity index (χ0n) is 7.60. The zero-order valence-corrected chi connectivity index (χ0v) is 8.41. The molecule has 0 aliphatic heterocycles. The number of aromatic nitrogens is 1. The lowest BCUT2D eigenvalue weighted by atomic mass is 10.0. The predicted molar refractivity (Wildman–Crippen MR) is 55.7 cm³/mol. The van der Waals surface area contributed by atoms with E-state index in [4.69, 9.17) is 5.11 Å². The van der Waals surface area contributed by atoms with Crippen LogP contribution in [0, 0.1) is 0 Å². The van der Waals surface area contributed by atoms with Crippen LogP contribution in [0.15, 0.2) is 24.3 Å². The fourth-order valence-corrected chi connectivity index (χ4v) is 2.20. The molecule has 1 aromatic heterocycles. The third-order valence-corrected chi connectivity index (χ3v) is 3.03. The molecule has 0 aliphatic carbocycles. The first kappa shape index (κ1) is 9.15. The van der Waals surface area contributed by atoms with Gasteiger partial charge >= 0.3 is 5.97 Å². The Hall–Kier alpha value is -1.42. The maximum absolute atomic E-state index is 10.8. The highest BCUT2D eigenvalue weighted by molar-refractivity contribution is 7.13. The van der Waals surface area contributed by atoms with Crippen LogP contribution >= 0.6 is 11.5 Å². The Morgan fingerprint density at radius 1 is 1.50 bits per heavy atom. The van der Waals surface area contributed by atoms with Crippen molar-refractivity contribution in [3.05, 3.63) is 30.0 Å². The molecule has 0 amide bonds. The molecule has 1 atom stereocenters. The maximum atomic E-state index is 10.8. The van der Waals surface area contributed by atoms with E-state index in [0.29, 0.717) is 5.69 Å². The molecule has 2 rings (SSSR count). The molecule has 72 valence electrons. The molecule has 1 unspecified atom stereocenters. The number of benzene rings is 1. The number of carboxylic acids is 1. The number of aliphatic carboxylic acids is 1. The average molecular weight is 207 g/mol. The van der Waals surface area contributed by atoms with Crippen molar-refractivity contribution >= 4 is 27.6 Å². The lowest BCUT2D eigenvalue weighted by Crippen LogP contribution is -2.07. The molecule has 0 spiro atoms. The van der Waals surface area contributed by atoms with E-state index in [-0.39, 0.29) is 0 Å². The summed E-state index contributed by atoms with van der Waals surface area (Å²) in [5, 5.41) is 9.83. The van der Waals surface area contributed by atoms with E-state index < -0.39 is 11.9 Å². The molecule has 0 fully saturated rings. The molecule has 1 heterocycles. The fourth-order valence-electron chi connectivity index (χ4n) is 1.33. The highest BCUT2D eigenvalue weighted by atomic mass is 32.1. The minimum atomic E-state index is -0.832. The van der Waals surface area contributed by atoms with E-state index in [1.165, 1.54) is 11.5 Å². The van der Waals surface area contributed by atoms with Gasteiger partial charge in [-0.2, -0.15) is 4.37 Å². The minimum Gasteiger partial charge on any atom is -0.481 e. The van der Waals surface area contributed by atoms with Crippen LogP contribution in [-0.4, -0.2) is 15.4 Å². The lowest BCUT2D eigenvalue weighted by Gasteiger charge is -2.01. The topological polar surface area (TPSA) is 50.2 Å². The summed E-state index contributed by atoms with van der Waals surface area (Å²) in [6.45, 7) is 1.66. The summed E-state index contributed by atoms with van der Waals surface area (Å²) in [4.78, 5) is 10.8. The van der Waals surface area contributed by atoms with Gasteiger partial charge in [-0.25, -0.2) is 0 Å². The fraction of sp³-hybridized carbons (Fsp3) is 0.200. The van der Waals surface area contributed by atoms with Crippen molar-refractivity contribution in [2.45, 2.75) is 12.8 Å². The van der Waals surface area contributed by atoms with Crippen molar-refractivity contribution in [2.75, 3.05) is 0 Å². The predicted octanol–water partition coefficient (Wildman–Crippen LogP) is 2.48. The molecule has 3 nitrogen and oxygen atoms in total.